The number of rotatable bonds is 10. The van der Waals surface area contributed by atoms with Crippen molar-refractivity contribution in [2.45, 2.75) is 19.8 Å². The molecule has 0 aliphatic carbocycles. The van der Waals surface area contributed by atoms with Crippen LogP contribution in [0, 0.1) is 0 Å². The Labute approximate surface area is 158 Å². The Morgan fingerprint density at radius 3 is 1.89 bits per heavy atom. The first-order chi connectivity index (χ1) is 13.0. The second-order valence-electron chi connectivity index (χ2n) is 5.69. The van der Waals surface area contributed by atoms with Crippen LogP contribution in [0.1, 0.15) is 40.5 Å². The molecule has 6 nitrogen and oxygen atoms in total. The highest BCUT2D eigenvalue weighted by molar-refractivity contribution is 5.99. The SMILES string of the molecule is CCOc1ccc(C(=O)CCC(=O)OCC(=O)c2ccc(OC)cc2)cc1. The molecule has 0 fully saturated rings. The predicted octanol–water partition coefficient (Wildman–Crippen LogP) is 3.48. The van der Waals surface area contributed by atoms with Crippen molar-refractivity contribution >= 4 is 17.5 Å². The molecule has 2 aromatic rings. The Bertz CT molecular complexity index is 777. The molecule has 2 rings (SSSR count). The maximum Gasteiger partial charge on any atom is 0.306 e. The van der Waals surface area contributed by atoms with Gasteiger partial charge in [0, 0.05) is 17.5 Å². The van der Waals surface area contributed by atoms with Crippen molar-refractivity contribution in [1.82, 2.24) is 0 Å². The van der Waals surface area contributed by atoms with Crippen LogP contribution in [0.4, 0.5) is 0 Å². The fourth-order valence-electron chi connectivity index (χ4n) is 2.34. The van der Waals surface area contributed by atoms with Gasteiger partial charge in [0.25, 0.3) is 0 Å². The van der Waals surface area contributed by atoms with Crippen LogP contribution in [0.2, 0.25) is 0 Å². The molecule has 0 unspecified atom stereocenters. The minimum Gasteiger partial charge on any atom is -0.497 e. The number of benzene rings is 2. The Morgan fingerprint density at radius 1 is 0.778 bits per heavy atom. The molecule has 0 aliphatic heterocycles. The van der Waals surface area contributed by atoms with E-state index in [1.54, 1.807) is 48.5 Å². The van der Waals surface area contributed by atoms with Crippen molar-refractivity contribution in [3.05, 3.63) is 59.7 Å². The molecule has 0 N–H and O–H groups in total. The highest BCUT2D eigenvalue weighted by Gasteiger charge is 2.13. The fourth-order valence-corrected chi connectivity index (χ4v) is 2.34. The quantitative estimate of drug-likeness (QED) is 0.471. The number of ether oxygens (including phenoxy) is 3. The van der Waals surface area contributed by atoms with Crippen molar-refractivity contribution in [2.24, 2.45) is 0 Å². The molecule has 0 bridgehead atoms. The Hall–Kier alpha value is -3.15. The van der Waals surface area contributed by atoms with Gasteiger partial charge in [0.2, 0.25) is 0 Å². The predicted molar refractivity (Wildman–Crippen MR) is 99.5 cm³/mol. The van der Waals surface area contributed by atoms with Crippen molar-refractivity contribution < 1.29 is 28.6 Å². The summed E-state index contributed by atoms with van der Waals surface area (Å²) in [6.07, 6.45) is -0.0640. The highest BCUT2D eigenvalue weighted by atomic mass is 16.5. The van der Waals surface area contributed by atoms with Gasteiger partial charge in [-0.1, -0.05) is 0 Å². The van der Waals surface area contributed by atoms with Crippen molar-refractivity contribution in [3.63, 3.8) is 0 Å². The van der Waals surface area contributed by atoms with Gasteiger partial charge in [-0.15, -0.1) is 0 Å². The summed E-state index contributed by atoms with van der Waals surface area (Å²) in [4.78, 5) is 35.9. The van der Waals surface area contributed by atoms with E-state index in [-0.39, 0.29) is 31.0 Å². The lowest BCUT2D eigenvalue weighted by molar-refractivity contribution is -0.142. The molecule has 142 valence electrons. The van der Waals surface area contributed by atoms with E-state index in [1.165, 1.54) is 7.11 Å². The Balaban J connectivity index is 1.76. The lowest BCUT2D eigenvalue weighted by Crippen LogP contribution is -2.15. The van der Waals surface area contributed by atoms with Crippen LogP contribution >= 0.6 is 0 Å². The normalized spacial score (nSPS) is 10.1. The maximum atomic E-state index is 12.1. The van der Waals surface area contributed by atoms with E-state index < -0.39 is 5.97 Å². The lowest BCUT2D eigenvalue weighted by atomic mass is 10.1. The van der Waals surface area contributed by atoms with Crippen LogP contribution in [0.5, 0.6) is 11.5 Å². The number of carbonyl (C=O) groups excluding carboxylic acids is 3. The second kappa shape index (κ2) is 10.1. The third-order valence-electron chi connectivity index (χ3n) is 3.82. The molecule has 6 heteroatoms. The number of ketones is 2. The number of carbonyl (C=O) groups is 3. The number of methoxy groups -OCH3 is 1. The van der Waals surface area contributed by atoms with Gasteiger partial charge in [0.05, 0.1) is 20.1 Å². The summed E-state index contributed by atoms with van der Waals surface area (Å²) in [7, 11) is 1.53. The summed E-state index contributed by atoms with van der Waals surface area (Å²) in [6.45, 7) is 2.07. The first-order valence-electron chi connectivity index (χ1n) is 8.62. The number of esters is 1. The molecule has 27 heavy (non-hydrogen) atoms. The molecule has 2 aromatic carbocycles. The molecule has 0 amide bonds. The van der Waals surface area contributed by atoms with Gasteiger partial charge in [-0.25, -0.2) is 0 Å². The van der Waals surface area contributed by atoms with E-state index in [0.29, 0.717) is 29.2 Å². The highest BCUT2D eigenvalue weighted by Crippen LogP contribution is 2.15. The largest absolute Gasteiger partial charge is 0.497 e. The van der Waals surface area contributed by atoms with Crippen LogP contribution < -0.4 is 9.47 Å². The van der Waals surface area contributed by atoms with E-state index in [0.717, 1.165) is 0 Å². The zero-order valence-corrected chi connectivity index (χ0v) is 15.4. The van der Waals surface area contributed by atoms with Crippen LogP contribution in [-0.2, 0) is 9.53 Å². The Morgan fingerprint density at radius 2 is 1.33 bits per heavy atom. The maximum absolute atomic E-state index is 12.1. The average molecular weight is 370 g/mol. The van der Waals surface area contributed by atoms with Crippen molar-refractivity contribution in [2.75, 3.05) is 20.3 Å². The number of Topliss-reactive ketones (excluding diaryl/α,β-unsaturated/α-hetero) is 2. The van der Waals surface area contributed by atoms with Crippen molar-refractivity contribution in [3.8, 4) is 11.5 Å². The molecule has 0 atom stereocenters. The van der Waals surface area contributed by atoms with E-state index in [4.69, 9.17) is 14.2 Å². The second-order valence-corrected chi connectivity index (χ2v) is 5.69. The molecule has 0 saturated heterocycles. The fraction of sp³-hybridized carbons (Fsp3) is 0.286. The summed E-state index contributed by atoms with van der Waals surface area (Å²) in [5, 5.41) is 0. The molecule has 0 aromatic heterocycles. The standard InChI is InChI=1S/C21H22O6/c1-3-26-18-10-6-15(7-11-18)19(22)12-13-21(24)27-14-20(23)16-4-8-17(25-2)9-5-16/h4-11H,3,12-14H2,1-2H3. The number of hydrogen-bond acceptors (Lipinski definition) is 6. The van der Waals surface area contributed by atoms with Crippen LogP contribution in [-0.4, -0.2) is 37.9 Å². The molecular weight excluding hydrogens is 348 g/mol. The smallest absolute Gasteiger partial charge is 0.306 e. The van der Waals surface area contributed by atoms with Gasteiger partial charge in [-0.05, 0) is 55.5 Å². The van der Waals surface area contributed by atoms with E-state index in [1.807, 2.05) is 6.92 Å². The van der Waals surface area contributed by atoms with Gasteiger partial charge in [-0.3, -0.25) is 14.4 Å². The monoisotopic (exact) mass is 370 g/mol. The third kappa shape index (κ3) is 6.26. The molecule has 0 radical (unpaired) electrons. The zero-order chi connectivity index (χ0) is 19.6. The van der Waals surface area contributed by atoms with Crippen LogP contribution in [0.25, 0.3) is 0 Å². The van der Waals surface area contributed by atoms with E-state index >= 15 is 0 Å². The third-order valence-corrected chi connectivity index (χ3v) is 3.82. The van der Waals surface area contributed by atoms with Gasteiger partial charge >= 0.3 is 5.97 Å². The van der Waals surface area contributed by atoms with E-state index in [2.05, 4.69) is 0 Å². The molecule has 0 saturated carbocycles. The average Bonchev–Trinajstić information content (AvgIpc) is 2.71. The summed E-state index contributed by atoms with van der Waals surface area (Å²) in [6, 6.07) is 13.3. The first-order valence-corrected chi connectivity index (χ1v) is 8.62. The Kier molecular flexibility index (Phi) is 7.55. The van der Waals surface area contributed by atoms with Gasteiger partial charge in [-0.2, -0.15) is 0 Å². The van der Waals surface area contributed by atoms with Crippen LogP contribution in [0.15, 0.2) is 48.5 Å². The summed E-state index contributed by atoms with van der Waals surface area (Å²) < 4.78 is 15.3. The van der Waals surface area contributed by atoms with Gasteiger partial charge in [0.15, 0.2) is 18.2 Å². The summed E-state index contributed by atoms with van der Waals surface area (Å²) >= 11 is 0. The first kappa shape index (κ1) is 20.2. The summed E-state index contributed by atoms with van der Waals surface area (Å²) in [5.41, 5.74) is 0.926. The van der Waals surface area contributed by atoms with Crippen molar-refractivity contribution in [1.29, 1.82) is 0 Å². The summed E-state index contributed by atoms with van der Waals surface area (Å²) in [5.74, 6) is 0.248. The molecular formula is C21H22O6. The minimum absolute atomic E-state index is 0.0174. The topological polar surface area (TPSA) is 78.9 Å². The molecule has 0 spiro atoms. The van der Waals surface area contributed by atoms with Gasteiger partial charge in [0.1, 0.15) is 11.5 Å². The van der Waals surface area contributed by atoms with Crippen LogP contribution in [0.3, 0.4) is 0 Å². The molecule has 0 heterocycles. The molecule has 0 aliphatic rings. The van der Waals surface area contributed by atoms with Gasteiger partial charge < -0.3 is 14.2 Å². The lowest BCUT2D eigenvalue weighted by Gasteiger charge is -2.06. The minimum atomic E-state index is -0.587. The van der Waals surface area contributed by atoms with E-state index in [9.17, 15) is 14.4 Å². The number of hydrogen-bond donors (Lipinski definition) is 0. The zero-order valence-electron chi connectivity index (χ0n) is 15.4.